The van der Waals surface area contributed by atoms with Crippen molar-refractivity contribution in [3.8, 4) is 6.07 Å². The van der Waals surface area contributed by atoms with Crippen molar-refractivity contribution < 1.29 is 4.74 Å². The molecule has 1 aromatic heterocycles. The average molecular weight is 328 g/mol. The van der Waals surface area contributed by atoms with Gasteiger partial charge in [0, 0.05) is 23.8 Å². The summed E-state index contributed by atoms with van der Waals surface area (Å²) in [6.07, 6.45) is -0.0265. The number of morpholine rings is 1. The van der Waals surface area contributed by atoms with Gasteiger partial charge in [-0.2, -0.15) is 5.26 Å². The van der Waals surface area contributed by atoms with Crippen LogP contribution in [0, 0.1) is 25.2 Å². The van der Waals surface area contributed by atoms with E-state index in [0.717, 1.165) is 29.2 Å². The molecule has 0 radical (unpaired) electrons. The van der Waals surface area contributed by atoms with Crippen molar-refractivity contribution in [3.63, 3.8) is 0 Å². The first-order valence-corrected chi connectivity index (χ1v) is 7.96. The van der Waals surface area contributed by atoms with E-state index in [0.29, 0.717) is 23.7 Å². The number of aromatic nitrogens is 1. The summed E-state index contributed by atoms with van der Waals surface area (Å²) in [6.45, 7) is 5.93. The summed E-state index contributed by atoms with van der Waals surface area (Å²) in [6, 6.07) is 12.0. The molecule has 0 saturated carbocycles. The Labute approximate surface area is 141 Å². The van der Waals surface area contributed by atoms with E-state index in [4.69, 9.17) is 16.3 Å². The van der Waals surface area contributed by atoms with E-state index in [-0.39, 0.29) is 6.10 Å². The van der Waals surface area contributed by atoms with E-state index in [1.807, 2.05) is 44.2 Å². The minimum absolute atomic E-state index is 0.0265. The largest absolute Gasteiger partial charge is 0.370 e. The molecule has 3 rings (SSSR count). The number of rotatable bonds is 2. The fourth-order valence-corrected chi connectivity index (χ4v) is 3.07. The van der Waals surface area contributed by atoms with Gasteiger partial charge in [-0.15, -0.1) is 0 Å². The van der Waals surface area contributed by atoms with E-state index in [1.54, 1.807) is 0 Å². The number of pyridine rings is 1. The molecule has 1 saturated heterocycles. The Morgan fingerprint density at radius 3 is 2.74 bits per heavy atom. The molecule has 2 heterocycles. The monoisotopic (exact) mass is 327 g/mol. The molecule has 0 aliphatic carbocycles. The topological polar surface area (TPSA) is 49.1 Å². The Morgan fingerprint density at radius 2 is 2.04 bits per heavy atom. The molecule has 5 heteroatoms. The molecule has 1 aliphatic rings. The van der Waals surface area contributed by atoms with Crippen LogP contribution in [0.5, 0.6) is 0 Å². The molecule has 118 valence electrons. The first-order chi connectivity index (χ1) is 11.1. The van der Waals surface area contributed by atoms with Crippen molar-refractivity contribution in [2.24, 2.45) is 0 Å². The number of hydrogen-bond donors (Lipinski definition) is 0. The zero-order valence-electron chi connectivity index (χ0n) is 13.2. The molecular weight excluding hydrogens is 310 g/mol. The lowest BCUT2D eigenvalue weighted by atomic mass is 10.1. The summed E-state index contributed by atoms with van der Waals surface area (Å²) < 4.78 is 5.91. The molecule has 1 atom stereocenters. The summed E-state index contributed by atoms with van der Waals surface area (Å²) in [7, 11) is 0. The molecule has 0 bridgehead atoms. The maximum absolute atomic E-state index is 9.47. The molecule has 0 spiro atoms. The second kappa shape index (κ2) is 6.57. The fraction of sp³-hybridized carbons (Fsp3) is 0.333. The SMILES string of the molecule is Cc1cc(N2CCOC(c3ccc(Cl)cc3)C2)c(C#N)c(C)n1. The number of ether oxygens (including phenoxy) is 1. The van der Waals surface area contributed by atoms with E-state index >= 15 is 0 Å². The van der Waals surface area contributed by atoms with Crippen LogP contribution in [-0.4, -0.2) is 24.7 Å². The Bertz CT molecular complexity index is 752. The lowest BCUT2D eigenvalue weighted by Gasteiger charge is -2.35. The third-order valence-corrected chi connectivity index (χ3v) is 4.32. The van der Waals surface area contributed by atoms with Gasteiger partial charge in [0.1, 0.15) is 12.2 Å². The van der Waals surface area contributed by atoms with Gasteiger partial charge in [-0.3, -0.25) is 4.98 Å². The van der Waals surface area contributed by atoms with Crippen LogP contribution < -0.4 is 4.90 Å². The third kappa shape index (κ3) is 3.31. The normalized spacial score (nSPS) is 17.8. The molecule has 1 fully saturated rings. The maximum Gasteiger partial charge on any atom is 0.103 e. The van der Waals surface area contributed by atoms with Crippen molar-refractivity contribution in [1.29, 1.82) is 5.26 Å². The molecule has 1 aromatic carbocycles. The van der Waals surface area contributed by atoms with E-state index in [1.165, 1.54) is 0 Å². The minimum Gasteiger partial charge on any atom is -0.370 e. The lowest BCUT2D eigenvalue weighted by Crippen LogP contribution is -2.39. The standard InChI is InChI=1S/C18H18ClN3O/c1-12-9-17(16(10-20)13(2)21-12)22-7-8-23-18(11-22)14-3-5-15(19)6-4-14/h3-6,9,18H,7-8,11H2,1-2H3. The van der Waals surface area contributed by atoms with Crippen LogP contribution in [0.25, 0.3) is 0 Å². The highest BCUT2D eigenvalue weighted by Crippen LogP contribution is 2.30. The molecule has 23 heavy (non-hydrogen) atoms. The predicted octanol–water partition coefficient (Wildman–Crippen LogP) is 3.80. The van der Waals surface area contributed by atoms with Crippen molar-refractivity contribution >= 4 is 17.3 Å². The van der Waals surface area contributed by atoms with Gasteiger partial charge in [0.05, 0.1) is 23.6 Å². The van der Waals surface area contributed by atoms with Gasteiger partial charge in [0.15, 0.2) is 0 Å². The molecule has 4 nitrogen and oxygen atoms in total. The van der Waals surface area contributed by atoms with Crippen LogP contribution in [0.4, 0.5) is 5.69 Å². The number of anilines is 1. The average Bonchev–Trinajstić information content (AvgIpc) is 2.55. The van der Waals surface area contributed by atoms with E-state index < -0.39 is 0 Å². The number of nitrogens with zero attached hydrogens (tertiary/aromatic N) is 3. The van der Waals surface area contributed by atoms with Crippen LogP contribution in [0.15, 0.2) is 30.3 Å². The first kappa shape index (κ1) is 15.8. The maximum atomic E-state index is 9.47. The molecular formula is C18H18ClN3O. The minimum atomic E-state index is -0.0265. The lowest BCUT2D eigenvalue weighted by molar-refractivity contribution is 0.0398. The number of halogens is 1. The Balaban J connectivity index is 1.90. The van der Waals surface area contributed by atoms with Gasteiger partial charge in [0.25, 0.3) is 0 Å². The van der Waals surface area contributed by atoms with Crippen molar-refractivity contribution in [2.75, 3.05) is 24.6 Å². The number of hydrogen-bond acceptors (Lipinski definition) is 4. The number of nitriles is 1. The summed E-state index contributed by atoms with van der Waals surface area (Å²) in [4.78, 5) is 6.60. The van der Waals surface area contributed by atoms with E-state index in [2.05, 4.69) is 16.0 Å². The number of benzene rings is 1. The van der Waals surface area contributed by atoms with Crippen molar-refractivity contribution in [3.05, 3.63) is 57.9 Å². The fourth-order valence-electron chi connectivity index (χ4n) is 2.94. The van der Waals surface area contributed by atoms with Crippen LogP contribution in [-0.2, 0) is 4.74 Å². The Morgan fingerprint density at radius 1 is 1.30 bits per heavy atom. The second-order valence-corrected chi connectivity index (χ2v) is 6.15. The molecule has 2 aromatic rings. The first-order valence-electron chi connectivity index (χ1n) is 7.59. The Hall–Kier alpha value is -2.09. The number of aryl methyl sites for hydroxylation is 2. The van der Waals surface area contributed by atoms with Gasteiger partial charge < -0.3 is 9.64 Å². The van der Waals surface area contributed by atoms with Crippen LogP contribution in [0.3, 0.4) is 0 Å². The summed E-state index contributed by atoms with van der Waals surface area (Å²) in [5.74, 6) is 0. The smallest absolute Gasteiger partial charge is 0.103 e. The summed E-state index contributed by atoms with van der Waals surface area (Å²) >= 11 is 5.96. The molecule has 0 amide bonds. The quantitative estimate of drug-likeness (QED) is 0.841. The van der Waals surface area contributed by atoms with E-state index in [9.17, 15) is 5.26 Å². The highest BCUT2D eigenvalue weighted by atomic mass is 35.5. The molecule has 1 unspecified atom stereocenters. The zero-order chi connectivity index (χ0) is 16.4. The van der Waals surface area contributed by atoms with Crippen LogP contribution >= 0.6 is 11.6 Å². The van der Waals surface area contributed by atoms with Crippen LogP contribution in [0.2, 0.25) is 5.02 Å². The predicted molar refractivity (Wildman–Crippen MR) is 90.8 cm³/mol. The summed E-state index contributed by atoms with van der Waals surface area (Å²) in [5, 5.41) is 10.2. The third-order valence-electron chi connectivity index (χ3n) is 4.07. The van der Waals surface area contributed by atoms with Gasteiger partial charge >= 0.3 is 0 Å². The second-order valence-electron chi connectivity index (χ2n) is 5.71. The zero-order valence-corrected chi connectivity index (χ0v) is 14.0. The molecule has 1 aliphatic heterocycles. The van der Waals surface area contributed by atoms with Gasteiger partial charge in [-0.25, -0.2) is 0 Å². The van der Waals surface area contributed by atoms with Crippen LogP contribution in [0.1, 0.15) is 28.6 Å². The van der Waals surface area contributed by atoms with Gasteiger partial charge in [0.2, 0.25) is 0 Å². The van der Waals surface area contributed by atoms with Gasteiger partial charge in [-0.1, -0.05) is 23.7 Å². The highest BCUT2D eigenvalue weighted by molar-refractivity contribution is 6.30. The Kier molecular flexibility index (Phi) is 4.51. The van der Waals surface area contributed by atoms with Crippen molar-refractivity contribution in [2.45, 2.75) is 20.0 Å². The summed E-state index contributed by atoms with van der Waals surface area (Å²) in [5.41, 5.74) is 4.38. The highest BCUT2D eigenvalue weighted by Gasteiger charge is 2.24. The van der Waals surface area contributed by atoms with Gasteiger partial charge in [-0.05, 0) is 37.6 Å². The van der Waals surface area contributed by atoms with Crippen molar-refractivity contribution in [1.82, 2.24) is 4.98 Å². The molecule has 0 N–H and O–H groups in total.